The van der Waals surface area contributed by atoms with Crippen molar-refractivity contribution in [2.45, 2.75) is 67.5 Å². The molecule has 0 saturated carbocycles. The van der Waals surface area contributed by atoms with Gasteiger partial charge >= 0.3 is 5.97 Å². The predicted octanol–water partition coefficient (Wildman–Crippen LogP) is -0.838. The molecule has 2 fully saturated rings. The Bertz CT molecular complexity index is 1930. The molecule has 1 unspecified atom stereocenters. The highest BCUT2D eigenvalue weighted by molar-refractivity contribution is 5.87. The van der Waals surface area contributed by atoms with Crippen molar-refractivity contribution < 1.29 is 94.5 Å². The minimum absolute atomic E-state index is 0.0501. The summed E-state index contributed by atoms with van der Waals surface area (Å²) in [6.45, 7) is -1.52. The zero-order valence-electron chi connectivity index (χ0n) is 28.4. The largest absolute Gasteiger partial charge is 0.571 e. The van der Waals surface area contributed by atoms with E-state index in [2.05, 4.69) is 4.74 Å². The van der Waals surface area contributed by atoms with Crippen molar-refractivity contribution >= 4 is 18.1 Å². The molecular weight excluding hydrogens is 736 g/mol. The predicted molar refractivity (Wildman–Crippen MR) is 182 cm³/mol. The summed E-state index contributed by atoms with van der Waals surface area (Å²) in [6.07, 6.45) is -15.7. The van der Waals surface area contributed by atoms with E-state index in [1.165, 1.54) is 48.6 Å². The maximum Gasteiger partial charge on any atom is 0.330 e. The lowest BCUT2D eigenvalue weighted by Gasteiger charge is -2.46. The molecule has 0 bridgehead atoms. The van der Waals surface area contributed by atoms with Gasteiger partial charge in [0.15, 0.2) is 41.2 Å². The van der Waals surface area contributed by atoms with Gasteiger partial charge in [-0.05, 0) is 42.0 Å². The van der Waals surface area contributed by atoms with Crippen LogP contribution in [-0.2, 0) is 28.5 Å². The number of esters is 1. The summed E-state index contributed by atoms with van der Waals surface area (Å²) < 4.78 is 33.2. The number of rotatable bonds is 10. The fourth-order valence-electron chi connectivity index (χ4n) is 6.11. The first-order valence-electron chi connectivity index (χ1n) is 16.7. The third-order valence-electron chi connectivity index (χ3n) is 9.10. The van der Waals surface area contributed by atoms with Gasteiger partial charge in [0.05, 0.1) is 18.2 Å². The Labute approximate surface area is 310 Å². The van der Waals surface area contributed by atoms with Gasteiger partial charge in [0.1, 0.15) is 66.4 Å². The zero-order valence-corrected chi connectivity index (χ0v) is 28.4. The van der Waals surface area contributed by atoms with Crippen LogP contribution in [0.2, 0.25) is 0 Å². The van der Waals surface area contributed by atoms with E-state index in [9.17, 15) is 66.1 Å². The number of phenols is 6. The van der Waals surface area contributed by atoms with Crippen molar-refractivity contribution in [3.05, 3.63) is 77.1 Å². The molecule has 19 heteroatoms. The zero-order chi connectivity index (χ0) is 39.7. The molecule has 3 aliphatic rings. The van der Waals surface area contributed by atoms with E-state index in [4.69, 9.17) is 23.7 Å². The SMILES string of the molecule is O=C(/C=C/c1ccc(O)c(O)c1)OC[C@@H]1O[C@@H](OC2=Cc3c(O)cc(O)cc3[OH+]C2c2ccc(O)c(O)c2)[C@@H](O[C@@H]2O[C@H](CO)[C@@H](O)[C@H](O)[C@H]2O)[C@@H](O)[C@@H]1O. The van der Waals surface area contributed by atoms with Crippen LogP contribution in [0.5, 0.6) is 40.2 Å². The molecule has 3 heterocycles. The summed E-state index contributed by atoms with van der Waals surface area (Å²) in [5, 5.41) is 124. The van der Waals surface area contributed by atoms with Gasteiger partial charge in [0.2, 0.25) is 6.29 Å². The second-order valence-electron chi connectivity index (χ2n) is 12.9. The smallest absolute Gasteiger partial charge is 0.330 e. The Morgan fingerprint density at radius 2 is 1.40 bits per heavy atom. The standard InChI is InChI=1S/C36H38O19/c37-12-25-28(45)30(47)32(49)35(53-25)55-34-31(48)29(46)26(13-50-27(44)6-2-14-1-4-18(39)21(42)7-14)54-36(34)52-24-11-17-20(41)9-16(38)10-23(17)51-33(24)15-3-5-19(40)22(43)8-15/h1-11,25-26,28-43,45-49H,12-13H2/p+1/b6-2+/t25-,26+,28-,29-,30+,31+,32-,33?,34+,35+,36-/m1/s1. The molecule has 0 spiro atoms. The summed E-state index contributed by atoms with van der Waals surface area (Å²) in [4.78, 5) is 12.6. The summed E-state index contributed by atoms with van der Waals surface area (Å²) in [5.41, 5.74) is 0.579. The van der Waals surface area contributed by atoms with Crippen LogP contribution in [-0.4, -0.2) is 147 Å². The minimum atomic E-state index is -1.99. The van der Waals surface area contributed by atoms with E-state index in [-0.39, 0.29) is 34.1 Å². The third kappa shape index (κ3) is 8.34. The average molecular weight is 776 g/mol. The number of carbonyl (C=O) groups excluding carboxylic acids is 1. The lowest BCUT2D eigenvalue weighted by Crippen LogP contribution is -2.64. The summed E-state index contributed by atoms with van der Waals surface area (Å²) in [6, 6.07) is 9.75. The lowest BCUT2D eigenvalue weighted by atomic mass is 9.97. The molecule has 6 rings (SSSR count). The quantitative estimate of drug-likeness (QED) is 0.0517. The Morgan fingerprint density at radius 3 is 2.09 bits per heavy atom. The Morgan fingerprint density at radius 1 is 0.727 bits per heavy atom. The Balaban J connectivity index is 1.31. The monoisotopic (exact) mass is 775 g/mol. The second kappa shape index (κ2) is 16.2. The molecule has 0 amide bonds. The molecule has 3 aliphatic heterocycles. The number of hydrogen-bond acceptors (Lipinski definition) is 18. The van der Waals surface area contributed by atoms with Gasteiger partial charge in [-0.2, -0.15) is 0 Å². The van der Waals surface area contributed by atoms with Crippen LogP contribution in [0.4, 0.5) is 0 Å². The van der Waals surface area contributed by atoms with Crippen LogP contribution in [0.25, 0.3) is 12.2 Å². The van der Waals surface area contributed by atoms with Crippen LogP contribution in [0.3, 0.4) is 0 Å². The fraction of sp³-hybridized carbons (Fsp3) is 0.361. The van der Waals surface area contributed by atoms with E-state index < -0.39 is 110 Å². The topological polar surface area (TPSA) is 319 Å². The van der Waals surface area contributed by atoms with E-state index in [1.54, 1.807) is 0 Å². The normalized spacial score (nSPS) is 30.6. The van der Waals surface area contributed by atoms with Gasteiger partial charge in [-0.3, -0.25) is 0 Å². The van der Waals surface area contributed by atoms with Crippen molar-refractivity contribution in [1.29, 1.82) is 0 Å². The van der Waals surface area contributed by atoms with Crippen molar-refractivity contribution in [3.8, 4) is 40.2 Å². The molecule has 3 aromatic carbocycles. The molecule has 0 aromatic heterocycles. The fourth-order valence-corrected chi connectivity index (χ4v) is 6.11. The summed E-state index contributed by atoms with van der Waals surface area (Å²) in [7, 11) is 0. The maximum absolute atomic E-state index is 12.6. The van der Waals surface area contributed by atoms with Crippen molar-refractivity contribution in [2.75, 3.05) is 13.2 Å². The maximum atomic E-state index is 12.6. The molecule has 55 heavy (non-hydrogen) atoms. The summed E-state index contributed by atoms with van der Waals surface area (Å²) >= 11 is 0. The Hall–Kier alpha value is -5.35. The van der Waals surface area contributed by atoms with Crippen LogP contribution in [0, 0.1) is 0 Å². The first kappa shape index (κ1) is 39.3. The third-order valence-corrected chi connectivity index (χ3v) is 9.10. The number of hydrogen-bond donors (Lipinski definition) is 12. The van der Waals surface area contributed by atoms with Crippen LogP contribution in [0.15, 0.2) is 60.4 Å². The van der Waals surface area contributed by atoms with E-state index in [0.29, 0.717) is 5.56 Å². The average Bonchev–Trinajstić information content (AvgIpc) is 3.15. The number of carbonyl (C=O) groups is 1. The van der Waals surface area contributed by atoms with Crippen LogP contribution >= 0.6 is 0 Å². The first-order valence-corrected chi connectivity index (χ1v) is 16.7. The van der Waals surface area contributed by atoms with Crippen LogP contribution in [0.1, 0.15) is 22.8 Å². The molecule has 3 aromatic rings. The number of benzene rings is 3. The number of aliphatic hydroxyl groups is 7. The second-order valence-corrected chi connectivity index (χ2v) is 12.9. The highest BCUT2D eigenvalue weighted by atomic mass is 16.8. The van der Waals surface area contributed by atoms with Crippen molar-refractivity contribution in [3.63, 3.8) is 0 Å². The highest BCUT2D eigenvalue weighted by Gasteiger charge is 2.52. The molecule has 11 atom stereocenters. The molecular formula is C36H39O19+. The van der Waals surface area contributed by atoms with Gasteiger partial charge in [0.25, 0.3) is 11.9 Å². The lowest BCUT2D eigenvalue weighted by molar-refractivity contribution is -0.364. The molecule has 2 saturated heterocycles. The molecule has 13 N–H and O–H groups in total. The number of fused-ring (bicyclic) bond motifs is 1. The number of ether oxygens (including phenoxy) is 6. The van der Waals surface area contributed by atoms with Gasteiger partial charge in [-0.15, -0.1) is 0 Å². The van der Waals surface area contributed by atoms with E-state index >= 15 is 0 Å². The van der Waals surface area contributed by atoms with Gasteiger partial charge in [-0.1, -0.05) is 6.07 Å². The first-order chi connectivity index (χ1) is 26.1. The molecule has 0 radical (unpaired) electrons. The molecule has 19 nitrogen and oxygen atoms in total. The highest BCUT2D eigenvalue weighted by Crippen LogP contribution is 2.46. The van der Waals surface area contributed by atoms with Gasteiger partial charge in [0, 0.05) is 18.2 Å². The van der Waals surface area contributed by atoms with E-state index in [1.807, 2.05) is 0 Å². The number of aromatic hydroxyl groups is 7. The van der Waals surface area contributed by atoms with Gasteiger partial charge in [-0.25, -0.2) is 4.79 Å². The molecule has 0 aliphatic carbocycles. The van der Waals surface area contributed by atoms with Gasteiger partial charge < -0.3 is 89.7 Å². The number of aliphatic hydroxyl groups excluding tert-OH is 6. The van der Waals surface area contributed by atoms with Crippen molar-refractivity contribution in [2.24, 2.45) is 0 Å². The van der Waals surface area contributed by atoms with Crippen molar-refractivity contribution in [1.82, 2.24) is 0 Å². The van der Waals surface area contributed by atoms with Crippen LogP contribution < -0.4 is 0 Å². The Kier molecular flexibility index (Phi) is 11.6. The summed E-state index contributed by atoms with van der Waals surface area (Å²) in [5.74, 6) is -3.61. The number of phenolic OH excluding ortho intramolecular Hbond substituents is 6. The minimum Gasteiger partial charge on any atom is -0.571 e. The molecule has 296 valence electrons. The van der Waals surface area contributed by atoms with E-state index in [0.717, 1.165) is 18.2 Å².